The Labute approximate surface area is 134 Å². The van der Waals surface area contributed by atoms with E-state index in [1.807, 2.05) is 13.1 Å². The van der Waals surface area contributed by atoms with Gasteiger partial charge in [0, 0.05) is 32.7 Å². The summed E-state index contributed by atoms with van der Waals surface area (Å²) in [4.78, 5) is 2.19. The fraction of sp³-hybridized carbons (Fsp3) is 0.600. The number of hydrogen-bond acceptors (Lipinski definition) is 5. The third-order valence-corrected chi connectivity index (χ3v) is 4.20. The summed E-state index contributed by atoms with van der Waals surface area (Å²) >= 11 is 3.58. The highest BCUT2D eigenvalue weighted by Crippen LogP contribution is 2.40. The molecule has 1 atom stereocenters. The van der Waals surface area contributed by atoms with Gasteiger partial charge in [0.1, 0.15) is 0 Å². The molecule has 0 fully saturated rings. The van der Waals surface area contributed by atoms with E-state index in [2.05, 4.69) is 26.9 Å². The smallest absolute Gasteiger partial charge is 0.175 e. The molecule has 1 aliphatic rings. The second-order valence-electron chi connectivity index (χ2n) is 5.11. The van der Waals surface area contributed by atoms with E-state index in [0.717, 1.165) is 34.5 Å². The molecule has 0 bridgehead atoms. The third-order valence-electron chi connectivity index (χ3n) is 3.61. The first-order valence-corrected chi connectivity index (χ1v) is 7.95. The lowest BCUT2D eigenvalue weighted by Gasteiger charge is -2.28. The first-order chi connectivity index (χ1) is 10.2. The fourth-order valence-electron chi connectivity index (χ4n) is 2.40. The minimum Gasteiger partial charge on any atom is -0.490 e. The standard InChI is InChI=1S/C15H23BrN2O3/c1-18(4-7-19-2)13(10-17)11-8-12(16)15-14(9-11)20-5-3-6-21-15/h8-9,13H,3-7,10,17H2,1-2H3. The van der Waals surface area contributed by atoms with Crippen LogP contribution >= 0.6 is 15.9 Å². The minimum absolute atomic E-state index is 0.119. The maximum absolute atomic E-state index is 5.96. The molecule has 1 aromatic carbocycles. The molecule has 0 saturated heterocycles. The van der Waals surface area contributed by atoms with Gasteiger partial charge in [0.05, 0.1) is 24.3 Å². The highest BCUT2D eigenvalue weighted by Gasteiger charge is 2.21. The summed E-state index contributed by atoms with van der Waals surface area (Å²) in [6.45, 7) is 3.39. The van der Waals surface area contributed by atoms with Crippen LogP contribution in [0.15, 0.2) is 16.6 Å². The first-order valence-electron chi connectivity index (χ1n) is 7.15. The molecule has 2 N–H and O–H groups in total. The predicted molar refractivity (Wildman–Crippen MR) is 86.1 cm³/mol. The summed E-state index contributed by atoms with van der Waals surface area (Å²) in [7, 11) is 3.75. The number of methoxy groups -OCH3 is 1. The number of benzene rings is 1. The van der Waals surface area contributed by atoms with Gasteiger partial charge >= 0.3 is 0 Å². The molecule has 5 nitrogen and oxygen atoms in total. The van der Waals surface area contributed by atoms with E-state index in [4.69, 9.17) is 19.9 Å². The number of nitrogens with two attached hydrogens (primary N) is 1. The molecule has 1 unspecified atom stereocenters. The Bertz CT molecular complexity index is 470. The van der Waals surface area contributed by atoms with Gasteiger partial charge in [-0.3, -0.25) is 4.90 Å². The number of nitrogens with zero attached hydrogens (tertiary/aromatic N) is 1. The van der Waals surface area contributed by atoms with Crippen molar-refractivity contribution in [3.05, 3.63) is 22.2 Å². The van der Waals surface area contributed by atoms with Gasteiger partial charge in [0.15, 0.2) is 11.5 Å². The molecule has 6 heteroatoms. The fourth-order valence-corrected chi connectivity index (χ4v) is 2.98. The van der Waals surface area contributed by atoms with Crippen LogP contribution in [0, 0.1) is 0 Å². The van der Waals surface area contributed by atoms with Gasteiger partial charge in [0.25, 0.3) is 0 Å². The van der Waals surface area contributed by atoms with Crippen LogP contribution in [0.25, 0.3) is 0 Å². The second kappa shape index (κ2) is 7.98. The Morgan fingerprint density at radius 1 is 1.38 bits per heavy atom. The first kappa shape index (κ1) is 16.5. The van der Waals surface area contributed by atoms with Gasteiger partial charge in [0.2, 0.25) is 0 Å². The molecule has 0 spiro atoms. The number of hydrogen-bond donors (Lipinski definition) is 1. The lowest BCUT2D eigenvalue weighted by atomic mass is 10.0. The zero-order valence-electron chi connectivity index (χ0n) is 12.6. The normalized spacial score (nSPS) is 15.9. The maximum atomic E-state index is 5.96. The number of rotatable bonds is 6. The van der Waals surface area contributed by atoms with Crippen LogP contribution < -0.4 is 15.2 Å². The Morgan fingerprint density at radius 3 is 2.86 bits per heavy atom. The SMILES string of the molecule is COCCN(C)C(CN)c1cc(Br)c2c(c1)OCCCO2. The highest BCUT2D eigenvalue weighted by atomic mass is 79.9. The van der Waals surface area contributed by atoms with Crippen molar-refractivity contribution >= 4 is 15.9 Å². The van der Waals surface area contributed by atoms with E-state index < -0.39 is 0 Å². The van der Waals surface area contributed by atoms with Crippen LogP contribution in [0.1, 0.15) is 18.0 Å². The molecule has 21 heavy (non-hydrogen) atoms. The zero-order chi connectivity index (χ0) is 15.2. The zero-order valence-corrected chi connectivity index (χ0v) is 14.2. The molecular weight excluding hydrogens is 336 g/mol. The van der Waals surface area contributed by atoms with Crippen LogP contribution in [-0.4, -0.2) is 52.0 Å². The van der Waals surface area contributed by atoms with Gasteiger partial charge in [-0.1, -0.05) is 0 Å². The summed E-state index contributed by atoms with van der Waals surface area (Å²) in [5.74, 6) is 1.57. The summed E-state index contributed by atoms with van der Waals surface area (Å²) in [6.07, 6.45) is 0.893. The molecule has 2 rings (SSSR count). The van der Waals surface area contributed by atoms with Gasteiger partial charge in [-0.15, -0.1) is 0 Å². The topological polar surface area (TPSA) is 57.0 Å². The van der Waals surface area contributed by atoms with Crippen LogP contribution in [0.5, 0.6) is 11.5 Å². The van der Waals surface area contributed by atoms with E-state index in [1.165, 1.54) is 0 Å². The van der Waals surface area contributed by atoms with Crippen LogP contribution in [-0.2, 0) is 4.74 Å². The molecule has 1 aromatic rings. The largest absolute Gasteiger partial charge is 0.490 e. The van der Waals surface area contributed by atoms with Crippen molar-refractivity contribution in [2.24, 2.45) is 5.73 Å². The van der Waals surface area contributed by atoms with Gasteiger partial charge < -0.3 is 19.9 Å². The monoisotopic (exact) mass is 358 g/mol. The van der Waals surface area contributed by atoms with Gasteiger partial charge in [-0.05, 0) is 40.7 Å². The lowest BCUT2D eigenvalue weighted by Crippen LogP contribution is -2.33. The molecule has 0 aromatic heterocycles. The molecule has 1 heterocycles. The van der Waals surface area contributed by atoms with Crippen molar-refractivity contribution in [2.45, 2.75) is 12.5 Å². The van der Waals surface area contributed by atoms with Gasteiger partial charge in [-0.2, -0.15) is 0 Å². The number of fused-ring (bicyclic) bond motifs is 1. The Hall–Kier alpha value is -0.820. The molecule has 1 aliphatic heterocycles. The molecule has 0 amide bonds. The van der Waals surface area contributed by atoms with Crippen molar-refractivity contribution in [3.63, 3.8) is 0 Å². The van der Waals surface area contributed by atoms with E-state index in [9.17, 15) is 0 Å². The average molecular weight is 359 g/mol. The Morgan fingerprint density at radius 2 is 2.14 bits per heavy atom. The summed E-state index contributed by atoms with van der Waals surface area (Å²) in [5.41, 5.74) is 7.08. The molecule has 118 valence electrons. The van der Waals surface area contributed by atoms with Crippen molar-refractivity contribution in [1.29, 1.82) is 0 Å². The van der Waals surface area contributed by atoms with Crippen LogP contribution in [0.2, 0.25) is 0 Å². The average Bonchev–Trinajstić information content (AvgIpc) is 2.71. The van der Waals surface area contributed by atoms with Crippen molar-refractivity contribution in [3.8, 4) is 11.5 Å². The van der Waals surface area contributed by atoms with Gasteiger partial charge in [-0.25, -0.2) is 0 Å². The maximum Gasteiger partial charge on any atom is 0.175 e. The molecule has 0 radical (unpaired) electrons. The second-order valence-corrected chi connectivity index (χ2v) is 5.96. The number of halogens is 1. The van der Waals surface area contributed by atoms with E-state index in [1.54, 1.807) is 7.11 Å². The van der Waals surface area contributed by atoms with Crippen LogP contribution in [0.3, 0.4) is 0 Å². The number of ether oxygens (including phenoxy) is 3. The van der Waals surface area contributed by atoms with E-state index >= 15 is 0 Å². The minimum atomic E-state index is 0.119. The number of likely N-dealkylation sites (N-methyl/N-ethyl adjacent to an activating group) is 1. The molecule has 0 aliphatic carbocycles. The Balaban J connectivity index is 2.25. The molecule has 0 saturated carbocycles. The quantitative estimate of drug-likeness (QED) is 0.844. The third kappa shape index (κ3) is 4.10. The summed E-state index contributed by atoms with van der Waals surface area (Å²) < 4.78 is 17.6. The lowest BCUT2D eigenvalue weighted by molar-refractivity contribution is 0.140. The summed E-state index contributed by atoms with van der Waals surface area (Å²) in [6, 6.07) is 4.22. The highest BCUT2D eigenvalue weighted by molar-refractivity contribution is 9.10. The van der Waals surface area contributed by atoms with E-state index in [-0.39, 0.29) is 6.04 Å². The van der Waals surface area contributed by atoms with Crippen LogP contribution in [0.4, 0.5) is 0 Å². The van der Waals surface area contributed by atoms with Crippen molar-refractivity contribution < 1.29 is 14.2 Å². The van der Waals surface area contributed by atoms with Crippen molar-refractivity contribution in [1.82, 2.24) is 4.90 Å². The van der Waals surface area contributed by atoms with Crippen molar-refractivity contribution in [2.75, 3.05) is 47.1 Å². The molecular formula is C15H23BrN2O3. The summed E-state index contributed by atoms with van der Waals surface area (Å²) in [5, 5.41) is 0. The predicted octanol–water partition coefficient (Wildman–Crippen LogP) is 2.19. The van der Waals surface area contributed by atoms with E-state index in [0.29, 0.717) is 26.4 Å². The Kier molecular flexibility index (Phi) is 6.29.